The van der Waals surface area contributed by atoms with Gasteiger partial charge < -0.3 is 24.8 Å². The number of hydrogen-bond donors (Lipinski definition) is 3. The lowest BCUT2D eigenvalue weighted by Crippen LogP contribution is -3.27. The minimum absolute atomic E-state index is 0.189. The van der Waals surface area contributed by atoms with E-state index in [0.717, 1.165) is 31.9 Å². The van der Waals surface area contributed by atoms with Crippen LogP contribution in [-0.4, -0.2) is 72.4 Å². The summed E-state index contributed by atoms with van der Waals surface area (Å²) < 4.78 is 5.04. The first kappa shape index (κ1) is 22.2. The van der Waals surface area contributed by atoms with Crippen LogP contribution in [0.4, 0.5) is 5.69 Å². The average molecular weight is 393 g/mol. The summed E-state index contributed by atoms with van der Waals surface area (Å²) in [5.74, 6) is -0.824. The van der Waals surface area contributed by atoms with Gasteiger partial charge in [0.1, 0.15) is 32.2 Å². The Morgan fingerprint density at radius 2 is 1.71 bits per heavy atom. The van der Waals surface area contributed by atoms with Crippen molar-refractivity contribution in [2.45, 2.75) is 19.9 Å². The molecule has 0 aliphatic carbocycles. The molecule has 0 spiro atoms. The van der Waals surface area contributed by atoms with E-state index < -0.39 is 0 Å². The predicted octanol–water partition coefficient (Wildman–Crippen LogP) is -1.48. The molecule has 1 amide bonds. The maximum absolute atomic E-state index is 12.2. The minimum Gasteiger partial charge on any atom is -0.455 e. The number of amides is 1. The maximum Gasteiger partial charge on any atom is 0.308 e. The summed E-state index contributed by atoms with van der Waals surface area (Å²) in [4.78, 5) is 28.9. The monoisotopic (exact) mass is 392 g/mol. The van der Waals surface area contributed by atoms with Crippen molar-refractivity contribution in [1.82, 2.24) is 5.32 Å². The smallest absolute Gasteiger partial charge is 0.308 e. The molecule has 1 aromatic rings. The van der Waals surface area contributed by atoms with E-state index in [4.69, 9.17) is 4.74 Å². The number of nitrogens with zero attached hydrogens (tertiary/aromatic N) is 1. The van der Waals surface area contributed by atoms with E-state index >= 15 is 0 Å². The first-order chi connectivity index (χ1) is 13.3. The lowest BCUT2D eigenvalue weighted by Gasteiger charge is -2.33. The molecule has 3 N–H and O–H groups in total. The first-order valence-corrected chi connectivity index (χ1v) is 10.1. The molecule has 2 rings (SSSR count). The van der Waals surface area contributed by atoms with Crippen molar-refractivity contribution in [3.8, 4) is 0 Å². The normalized spacial score (nSPS) is 20.5. The zero-order valence-corrected chi connectivity index (χ0v) is 17.9. The third kappa shape index (κ3) is 6.49. The number of carbonyl (C=O) groups excluding carboxylic acids is 2. The number of esters is 1. The molecule has 7 nitrogen and oxygen atoms in total. The number of likely N-dealkylation sites (N-methyl/N-ethyl adjacent to an activating group) is 1. The molecular weight excluding hydrogens is 356 g/mol. The molecular formula is C21H36N4O3+2. The highest BCUT2D eigenvalue weighted by Gasteiger charge is 2.29. The van der Waals surface area contributed by atoms with Crippen LogP contribution in [0, 0.1) is 5.92 Å². The summed E-state index contributed by atoms with van der Waals surface area (Å²) in [6.07, 6.45) is 0. The van der Waals surface area contributed by atoms with Gasteiger partial charge in [-0.3, -0.25) is 9.59 Å². The molecule has 0 unspecified atom stereocenters. The van der Waals surface area contributed by atoms with Gasteiger partial charge in [-0.15, -0.1) is 0 Å². The zero-order valence-electron chi connectivity index (χ0n) is 17.9. The summed E-state index contributed by atoms with van der Waals surface area (Å²) in [5.41, 5.74) is 2.38. The quantitative estimate of drug-likeness (QED) is 0.472. The molecule has 0 radical (unpaired) electrons. The van der Waals surface area contributed by atoms with Crippen LogP contribution in [-0.2, 0) is 14.3 Å². The highest BCUT2D eigenvalue weighted by atomic mass is 16.5. The summed E-state index contributed by atoms with van der Waals surface area (Å²) in [7, 11) is 6.28. The number of quaternary nitrogens is 2. The molecule has 1 heterocycles. The summed E-state index contributed by atoms with van der Waals surface area (Å²) in [6.45, 7) is 8.23. The Balaban J connectivity index is 2.02. The number of piperazine rings is 1. The lowest BCUT2D eigenvalue weighted by atomic mass is 10.0. The number of nitrogens with one attached hydrogen (secondary N) is 3. The van der Waals surface area contributed by atoms with Crippen LogP contribution in [0.3, 0.4) is 0 Å². The highest BCUT2D eigenvalue weighted by molar-refractivity contribution is 5.81. The van der Waals surface area contributed by atoms with Gasteiger partial charge in [0.25, 0.3) is 5.91 Å². The molecule has 1 aliphatic rings. The summed E-state index contributed by atoms with van der Waals surface area (Å²) in [6, 6.07) is 8.74. The largest absolute Gasteiger partial charge is 0.455 e. The third-order valence-corrected chi connectivity index (χ3v) is 5.37. The van der Waals surface area contributed by atoms with Gasteiger partial charge in [-0.25, -0.2) is 0 Å². The van der Waals surface area contributed by atoms with Crippen LogP contribution < -0.4 is 20.0 Å². The van der Waals surface area contributed by atoms with Gasteiger partial charge in [0.05, 0.1) is 19.5 Å². The molecule has 0 saturated carbocycles. The fourth-order valence-electron chi connectivity index (χ4n) is 3.42. The highest BCUT2D eigenvalue weighted by Crippen LogP contribution is 2.16. The number of benzene rings is 1. The van der Waals surface area contributed by atoms with Crippen LogP contribution in [0.1, 0.15) is 25.5 Å². The van der Waals surface area contributed by atoms with Crippen molar-refractivity contribution in [2.24, 2.45) is 5.92 Å². The molecule has 7 heteroatoms. The number of hydrogen-bond acceptors (Lipinski definition) is 4. The second kappa shape index (κ2) is 10.4. The Morgan fingerprint density at radius 1 is 1.11 bits per heavy atom. The zero-order chi connectivity index (χ0) is 20.7. The SMILES string of the molecule is CC(C)C(=O)OCC(=O)NC[C@@H](c1ccc(N(C)C)cc1)[NH+]1CC[NH+](C)CC1. The average Bonchev–Trinajstić information content (AvgIpc) is 2.67. The van der Waals surface area contributed by atoms with Gasteiger partial charge in [0.2, 0.25) is 0 Å². The van der Waals surface area contributed by atoms with E-state index in [1.165, 1.54) is 10.5 Å². The van der Waals surface area contributed by atoms with Crippen molar-refractivity contribution in [2.75, 3.05) is 65.4 Å². The second-order valence-corrected chi connectivity index (χ2v) is 8.22. The lowest BCUT2D eigenvalue weighted by molar-refractivity contribution is -1.02. The molecule has 1 atom stereocenters. The number of anilines is 1. The van der Waals surface area contributed by atoms with E-state index in [0.29, 0.717) is 6.54 Å². The van der Waals surface area contributed by atoms with Crippen LogP contribution in [0.25, 0.3) is 0 Å². The summed E-state index contributed by atoms with van der Waals surface area (Å²) in [5, 5.41) is 2.97. The topological polar surface area (TPSA) is 67.5 Å². The Hall–Kier alpha value is -2.12. The molecule has 156 valence electrons. The van der Waals surface area contributed by atoms with E-state index in [-0.39, 0.29) is 30.4 Å². The van der Waals surface area contributed by atoms with Crippen molar-refractivity contribution in [3.63, 3.8) is 0 Å². The van der Waals surface area contributed by atoms with Gasteiger partial charge in [0, 0.05) is 25.3 Å². The van der Waals surface area contributed by atoms with E-state index in [1.807, 2.05) is 14.1 Å². The fraction of sp³-hybridized carbons (Fsp3) is 0.619. The maximum atomic E-state index is 12.2. The van der Waals surface area contributed by atoms with Gasteiger partial charge in [-0.05, 0) is 12.1 Å². The number of rotatable bonds is 8. The van der Waals surface area contributed by atoms with Crippen LogP contribution in [0.5, 0.6) is 0 Å². The van der Waals surface area contributed by atoms with E-state index in [2.05, 4.69) is 41.5 Å². The molecule has 28 heavy (non-hydrogen) atoms. The van der Waals surface area contributed by atoms with E-state index in [1.54, 1.807) is 18.7 Å². The third-order valence-electron chi connectivity index (χ3n) is 5.37. The molecule has 1 aliphatic heterocycles. The fourth-order valence-corrected chi connectivity index (χ4v) is 3.42. The summed E-state index contributed by atoms with van der Waals surface area (Å²) >= 11 is 0. The number of carbonyl (C=O) groups is 2. The molecule has 0 aromatic heterocycles. The molecule has 1 saturated heterocycles. The molecule has 1 fully saturated rings. The van der Waals surface area contributed by atoms with Crippen molar-refractivity contribution < 1.29 is 24.1 Å². The van der Waals surface area contributed by atoms with Crippen molar-refractivity contribution in [1.29, 1.82) is 0 Å². The van der Waals surface area contributed by atoms with Crippen LogP contribution in [0.2, 0.25) is 0 Å². The Bertz CT molecular complexity index is 638. The number of ether oxygens (including phenoxy) is 1. The van der Waals surface area contributed by atoms with Crippen LogP contribution >= 0.6 is 0 Å². The molecule has 0 bridgehead atoms. The minimum atomic E-state index is -0.348. The van der Waals surface area contributed by atoms with Gasteiger partial charge in [-0.1, -0.05) is 26.0 Å². The first-order valence-electron chi connectivity index (χ1n) is 10.1. The standard InChI is InChI=1S/C21H34N4O3/c1-16(2)21(27)28-15-20(26)22-14-19(25-12-10-24(5)11-13-25)17-6-8-18(9-7-17)23(3)4/h6-9,16,19H,10-15H2,1-5H3,(H,22,26)/p+2/t19-/m0/s1. The van der Waals surface area contributed by atoms with Gasteiger partial charge in [-0.2, -0.15) is 0 Å². The predicted molar refractivity (Wildman–Crippen MR) is 110 cm³/mol. The Labute approximate surface area is 168 Å². The second-order valence-electron chi connectivity index (χ2n) is 8.22. The van der Waals surface area contributed by atoms with Crippen molar-refractivity contribution in [3.05, 3.63) is 29.8 Å². The van der Waals surface area contributed by atoms with Gasteiger partial charge in [0.15, 0.2) is 6.61 Å². The Morgan fingerprint density at radius 3 is 2.25 bits per heavy atom. The van der Waals surface area contributed by atoms with Crippen molar-refractivity contribution >= 4 is 17.6 Å². The van der Waals surface area contributed by atoms with E-state index in [9.17, 15) is 9.59 Å². The Kier molecular flexibility index (Phi) is 8.26. The molecule has 1 aromatic carbocycles. The van der Waals surface area contributed by atoms with Crippen LogP contribution in [0.15, 0.2) is 24.3 Å². The van der Waals surface area contributed by atoms with Gasteiger partial charge >= 0.3 is 5.97 Å².